The van der Waals surface area contributed by atoms with Gasteiger partial charge in [0.15, 0.2) is 5.43 Å². The summed E-state index contributed by atoms with van der Waals surface area (Å²) in [6, 6.07) is 10.2. The van der Waals surface area contributed by atoms with E-state index in [1.54, 1.807) is 20.0 Å². The van der Waals surface area contributed by atoms with E-state index in [0.717, 1.165) is 12.1 Å². The SMILES string of the molecule is Cc1c[nH]c(CNC(=O)[C@@H]2C[C@]2(C)c2ccccc2)c(C)c1=O. The maximum absolute atomic E-state index is 12.4. The maximum Gasteiger partial charge on any atom is 0.224 e. The van der Waals surface area contributed by atoms with Gasteiger partial charge in [-0.2, -0.15) is 0 Å². The molecule has 1 fully saturated rings. The summed E-state index contributed by atoms with van der Waals surface area (Å²) in [7, 11) is 0. The van der Waals surface area contributed by atoms with Crippen molar-refractivity contribution in [2.45, 2.75) is 39.2 Å². The van der Waals surface area contributed by atoms with E-state index in [2.05, 4.69) is 29.4 Å². The first-order chi connectivity index (χ1) is 10.9. The molecule has 0 spiro atoms. The summed E-state index contributed by atoms with van der Waals surface area (Å²) in [5.41, 5.74) is 3.31. The number of H-pyrrole nitrogens is 1. The first-order valence-electron chi connectivity index (χ1n) is 7.94. The number of nitrogens with one attached hydrogen (secondary N) is 2. The topological polar surface area (TPSA) is 62.0 Å². The van der Waals surface area contributed by atoms with Crippen LogP contribution in [-0.4, -0.2) is 10.9 Å². The average molecular weight is 310 g/mol. The molecule has 1 aliphatic carbocycles. The quantitative estimate of drug-likeness (QED) is 0.912. The van der Waals surface area contributed by atoms with Crippen molar-refractivity contribution in [2.24, 2.45) is 5.92 Å². The number of benzene rings is 1. The van der Waals surface area contributed by atoms with Gasteiger partial charge in [-0.15, -0.1) is 0 Å². The van der Waals surface area contributed by atoms with E-state index in [0.29, 0.717) is 17.7 Å². The number of pyridine rings is 1. The average Bonchev–Trinajstić information content (AvgIpc) is 3.26. The molecule has 0 radical (unpaired) electrons. The van der Waals surface area contributed by atoms with Crippen LogP contribution < -0.4 is 10.7 Å². The monoisotopic (exact) mass is 310 g/mol. The Kier molecular flexibility index (Phi) is 3.84. The van der Waals surface area contributed by atoms with Gasteiger partial charge < -0.3 is 10.3 Å². The van der Waals surface area contributed by atoms with Gasteiger partial charge in [0.25, 0.3) is 0 Å². The number of hydrogen-bond acceptors (Lipinski definition) is 2. The molecule has 120 valence electrons. The van der Waals surface area contributed by atoms with Crippen LogP contribution in [-0.2, 0) is 16.8 Å². The molecule has 4 nitrogen and oxygen atoms in total. The van der Waals surface area contributed by atoms with Crippen molar-refractivity contribution in [3.05, 3.63) is 69.1 Å². The number of rotatable bonds is 4. The third-order valence-electron chi connectivity index (χ3n) is 5.04. The molecule has 1 heterocycles. The zero-order valence-corrected chi connectivity index (χ0v) is 13.8. The molecule has 4 heteroatoms. The first-order valence-corrected chi connectivity index (χ1v) is 7.94. The molecule has 1 aliphatic rings. The van der Waals surface area contributed by atoms with Crippen LogP contribution in [0.1, 0.15) is 35.7 Å². The number of aromatic nitrogens is 1. The van der Waals surface area contributed by atoms with E-state index in [9.17, 15) is 9.59 Å². The Balaban J connectivity index is 1.66. The van der Waals surface area contributed by atoms with E-state index in [4.69, 9.17) is 0 Å². The normalized spacial score (nSPS) is 22.7. The highest BCUT2D eigenvalue weighted by molar-refractivity contribution is 5.84. The minimum absolute atomic E-state index is 0.00220. The molecule has 1 aromatic carbocycles. The molecule has 1 amide bonds. The predicted molar refractivity (Wildman–Crippen MR) is 90.3 cm³/mol. The summed E-state index contributed by atoms with van der Waals surface area (Å²) in [6.07, 6.45) is 2.56. The van der Waals surface area contributed by atoms with Gasteiger partial charge in [0.2, 0.25) is 5.91 Å². The zero-order valence-electron chi connectivity index (χ0n) is 13.8. The van der Waals surface area contributed by atoms with Gasteiger partial charge in [0, 0.05) is 34.4 Å². The Hall–Kier alpha value is -2.36. The zero-order chi connectivity index (χ0) is 16.6. The predicted octanol–water partition coefficient (Wildman–Crippen LogP) is 2.59. The molecule has 2 aromatic rings. The number of hydrogen-bond donors (Lipinski definition) is 2. The van der Waals surface area contributed by atoms with Gasteiger partial charge in [0.05, 0.1) is 6.54 Å². The second-order valence-electron chi connectivity index (χ2n) is 6.66. The van der Waals surface area contributed by atoms with Crippen molar-refractivity contribution in [3.63, 3.8) is 0 Å². The van der Waals surface area contributed by atoms with Crippen LogP contribution in [0, 0.1) is 19.8 Å². The van der Waals surface area contributed by atoms with E-state index in [-0.39, 0.29) is 22.7 Å². The van der Waals surface area contributed by atoms with Gasteiger partial charge >= 0.3 is 0 Å². The van der Waals surface area contributed by atoms with Crippen LogP contribution in [0.2, 0.25) is 0 Å². The Morgan fingerprint density at radius 1 is 1.30 bits per heavy atom. The second-order valence-corrected chi connectivity index (χ2v) is 6.66. The minimum atomic E-state index is -0.0684. The lowest BCUT2D eigenvalue weighted by molar-refractivity contribution is -0.122. The molecular weight excluding hydrogens is 288 g/mol. The molecule has 0 bridgehead atoms. The number of carbonyl (C=O) groups is 1. The van der Waals surface area contributed by atoms with Crippen molar-refractivity contribution in [2.75, 3.05) is 0 Å². The van der Waals surface area contributed by atoms with Gasteiger partial charge in [0.1, 0.15) is 0 Å². The fourth-order valence-corrected chi connectivity index (χ4v) is 3.17. The number of amides is 1. The summed E-state index contributed by atoms with van der Waals surface area (Å²) in [5.74, 6) is 0.0551. The highest BCUT2D eigenvalue weighted by atomic mass is 16.2. The highest BCUT2D eigenvalue weighted by Crippen LogP contribution is 2.53. The molecule has 1 aromatic heterocycles. The third kappa shape index (κ3) is 2.81. The van der Waals surface area contributed by atoms with Crippen LogP contribution in [0.4, 0.5) is 0 Å². The summed E-state index contributed by atoms with van der Waals surface area (Å²) in [4.78, 5) is 27.5. The molecule has 3 rings (SSSR count). The fourth-order valence-electron chi connectivity index (χ4n) is 3.17. The van der Waals surface area contributed by atoms with Gasteiger partial charge in [-0.05, 0) is 25.8 Å². The lowest BCUT2D eigenvalue weighted by Crippen LogP contribution is -2.29. The fraction of sp³-hybridized carbons (Fsp3) is 0.368. The molecule has 2 atom stereocenters. The Bertz CT molecular complexity index is 795. The molecule has 0 saturated heterocycles. The largest absolute Gasteiger partial charge is 0.363 e. The molecule has 0 aliphatic heterocycles. The molecular formula is C19H22N2O2. The summed E-state index contributed by atoms with van der Waals surface area (Å²) in [6.45, 7) is 6.06. The first kappa shape index (κ1) is 15.5. The molecule has 23 heavy (non-hydrogen) atoms. The Morgan fingerprint density at radius 3 is 2.70 bits per heavy atom. The lowest BCUT2D eigenvalue weighted by Gasteiger charge is -2.12. The van der Waals surface area contributed by atoms with Crippen molar-refractivity contribution < 1.29 is 4.79 Å². The highest BCUT2D eigenvalue weighted by Gasteiger charge is 2.55. The number of aromatic amines is 1. The summed E-state index contributed by atoms with van der Waals surface area (Å²) >= 11 is 0. The molecule has 1 saturated carbocycles. The Morgan fingerprint density at radius 2 is 2.00 bits per heavy atom. The van der Waals surface area contributed by atoms with Crippen molar-refractivity contribution >= 4 is 5.91 Å². The van der Waals surface area contributed by atoms with Crippen molar-refractivity contribution in [1.29, 1.82) is 0 Å². The van der Waals surface area contributed by atoms with E-state index in [1.165, 1.54) is 5.56 Å². The smallest absolute Gasteiger partial charge is 0.224 e. The minimum Gasteiger partial charge on any atom is -0.363 e. The summed E-state index contributed by atoms with van der Waals surface area (Å²) < 4.78 is 0. The molecule has 0 unspecified atom stereocenters. The number of aryl methyl sites for hydroxylation is 1. The van der Waals surface area contributed by atoms with Crippen LogP contribution >= 0.6 is 0 Å². The van der Waals surface area contributed by atoms with Crippen LogP contribution in [0.15, 0.2) is 41.3 Å². The van der Waals surface area contributed by atoms with Crippen LogP contribution in [0.25, 0.3) is 0 Å². The van der Waals surface area contributed by atoms with E-state index >= 15 is 0 Å². The molecule has 2 N–H and O–H groups in total. The number of carbonyl (C=O) groups excluding carboxylic acids is 1. The van der Waals surface area contributed by atoms with Crippen LogP contribution in [0.5, 0.6) is 0 Å². The van der Waals surface area contributed by atoms with E-state index in [1.807, 2.05) is 18.2 Å². The Labute approximate surface area is 135 Å². The van der Waals surface area contributed by atoms with Gasteiger partial charge in [-0.1, -0.05) is 37.3 Å². The third-order valence-corrected chi connectivity index (χ3v) is 5.04. The van der Waals surface area contributed by atoms with Gasteiger partial charge in [-0.3, -0.25) is 9.59 Å². The van der Waals surface area contributed by atoms with Crippen molar-refractivity contribution in [1.82, 2.24) is 10.3 Å². The standard InChI is InChI=1S/C19H22N2O2/c1-12-10-20-16(13(2)17(12)22)11-21-18(23)15-9-19(15,3)14-7-5-4-6-8-14/h4-8,10,15H,9,11H2,1-3H3,(H,20,22)(H,21,23)/t15-,19+/m0/s1. The lowest BCUT2D eigenvalue weighted by atomic mass is 9.95. The van der Waals surface area contributed by atoms with E-state index < -0.39 is 0 Å². The summed E-state index contributed by atoms with van der Waals surface area (Å²) in [5, 5.41) is 2.96. The maximum atomic E-state index is 12.4. The second kappa shape index (κ2) is 5.69. The van der Waals surface area contributed by atoms with Gasteiger partial charge in [-0.25, -0.2) is 0 Å². The van der Waals surface area contributed by atoms with Crippen molar-refractivity contribution in [3.8, 4) is 0 Å². The van der Waals surface area contributed by atoms with Crippen LogP contribution in [0.3, 0.4) is 0 Å².